The van der Waals surface area contributed by atoms with Gasteiger partial charge in [-0.2, -0.15) is 8.42 Å². The first kappa shape index (κ1) is 16.4. The van der Waals surface area contributed by atoms with Crippen molar-refractivity contribution in [3.8, 4) is 0 Å². The molecule has 2 N–H and O–H groups in total. The van der Waals surface area contributed by atoms with Crippen LogP contribution in [0.5, 0.6) is 0 Å². The Labute approximate surface area is 105 Å². The molecular formula is C11H25N2O3S+. The Morgan fingerprint density at radius 2 is 1.82 bits per heavy atom. The van der Waals surface area contributed by atoms with Gasteiger partial charge in [0.15, 0.2) is 0 Å². The second-order valence-electron chi connectivity index (χ2n) is 4.83. The van der Waals surface area contributed by atoms with E-state index in [1.54, 1.807) is 0 Å². The van der Waals surface area contributed by atoms with Crippen LogP contribution in [0, 0.1) is 0 Å². The third-order valence-corrected chi connectivity index (χ3v) is 3.34. The van der Waals surface area contributed by atoms with Crippen molar-refractivity contribution < 1.29 is 17.5 Å². The van der Waals surface area contributed by atoms with Gasteiger partial charge in [0.05, 0.1) is 32.9 Å². The highest BCUT2D eigenvalue weighted by molar-refractivity contribution is 7.85. The van der Waals surface area contributed by atoms with Gasteiger partial charge in [0.25, 0.3) is 10.1 Å². The van der Waals surface area contributed by atoms with Crippen LogP contribution in [-0.2, 0) is 10.1 Å². The molecule has 0 aromatic heterocycles. The van der Waals surface area contributed by atoms with E-state index in [9.17, 15) is 8.42 Å². The molecule has 0 saturated carbocycles. The minimum absolute atomic E-state index is 0.147. The fraction of sp³-hybridized carbons (Fsp3) is 0.818. The van der Waals surface area contributed by atoms with Gasteiger partial charge in [-0.3, -0.25) is 4.55 Å². The van der Waals surface area contributed by atoms with Crippen molar-refractivity contribution >= 4 is 10.1 Å². The van der Waals surface area contributed by atoms with Gasteiger partial charge in [0.1, 0.15) is 0 Å². The minimum atomic E-state index is -3.81. The van der Waals surface area contributed by atoms with Crippen molar-refractivity contribution in [2.45, 2.75) is 19.8 Å². The predicted octanol–water partition coefficient (Wildman–Crippen LogP) is 0.854. The highest BCUT2D eigenvalue weighted by atomic mass is 32.2. The first-order valence-corrected chi connectivity index (χ1v) is 7.49. The molecule has 0 fully saturated rings. The molecule has 0 bridgehead atoms. The van der Waals surface area contributed by atoms with Crippen molar-refractivity contribution in [3.05, 3.63) is 12.3 Å². The summed E-state index contributed by atoms with van der Waals surface area (Å²) in [6.45, 7) is 4.62. The van der Waals surface area contributed by atoms with Crippen LogP contribution in [0.3, 0.4) is 0 Å². The van der Waals surface area contributed by atoms with E-state index in [2.05, 4.69) is 19.4 Å². The standard InChI is InChI=1S/C11H24N2O3S/c1-4-7-12-8-5-9-13(2,3)10-6-11-17(14,15)16/h4,7,12H,5-6,8-11H2,1-3H3/p+1. The molecule has 0 spiro atoms. The zero-order valence-electron chi connectivity index (χ0n) is 11.0. The van der Waals surface area contributed by atoms with Gasteiger partial charge in [-0.15, -0.1) is 0 Å². The summed E-state index contributed by atoms with van der Waals surface area (Å²) in [6.07, 6.45) is 5.39. The number of rotatable bonds is 9. The lowest BCUT2D eigenvalue weighted by atomic mass is 10.3. The van der Waals surface area contributed by atoms with Crippen molar-refractivity contribution in [1.29, 1.82) is 0 Å². The second kappa shape index (κ2) is 7.68. The minimum Gasteiger partial charge on any atom is -0.391 e. The fourth-order valence-electron chi connectivity index (χ4n) is 1.60. The van der Waals surface area contributed by atoms with Gasteiger partial charge < -0.3 is 9.80 Å². The Morgan fingerprint density at radius 1 is 1.24 bits per heavy atom. The normalized spacial score (nSPS) is 13.2. The molecular weight excluding hydrogens is 240 g/mol. The van der Waals surface area contributed by atoms with E-state index in [1.807, 2.05) is 19.2 Å². The number of hydrogen-bond acceptors (Lipinski definition) is 3. The first-order valence-electron chi connectivity index (χ1n) is 5.88. The average Bonchev–Trinajstić information content (AvgIpc) is 2.14. The van der Waals surface area contributed by atoms with Crippen molar-refractivity contribution in [3.63, 3.8) is 0 Å². The summed E-state index contributed by atoms with van der Waals surface area (Å²) in [6, 6.07) is 0. The topological polar surface area (TPSA) is 66.4 Å². The maximum absolute atomic E-state index is 10.6. The molecule has 0 aliphatic carbocycles. The molecule has 0 aliphatic heterocycles. The zero-order valence-corrected chi connectivity index (χ0v) is 11.8. The number of nitrogens with one attached hydrogen (secondary N) is 1. The Morgan fingerprint density at radius 3 is 2.35 bits per heavy atom. The largest absolute Gasteiger partial charge is 0.391 e. The lowest BCUT2D eigenvalue weighted by Crippen LogP contribution is -2.42. The van der Waals surface area contributed by atoms with Gasteiger partial charge in [0.2, 0.25) is 0 Å². The second-order valence-corrected chi connectivity index (χ2v) is 6.40. The summed E-state index contributed by atoms with van der Waals surface area (Å²) in [7, 11) is 0.328. The Bertz CT molecular complexity index is 324. The van der Waals surface area contributed by atoms with Crippen LogP contribution in [0.15, 0.2) is 12.3 Å². The maximum Gasteiger partial charge on any atom is 0.265 e. The molecule has 0 atom stereocenters. The lowest BCUT2D eigenvalue weighted by molar-refractivity contribution is -0.890. The van der Waals surface area contributed by atoms with Crippen molar-refractivity contribution in [1.82, 2.24) is 5.32 Å². The molecule has 0 radical (unpaired) electrons. The Hall–Kier alpha value is -0.590. The Kier molecular flexibility index (Phi) is 7.41. The van der Waals surface area contributed by atoms with Gasteiger partial charge in [-0.25, -0.2) is 0 Å². The van der Waals surface area contributed by atoms with E-state index in [1.165, 1.54) is 0 Å². The molecule has 0 heterocycles. The van der Waals surface area contributed by atoms with E-state index in [0.717, 1.165) is 30.5 Å². The summed E-state index contributed by atoms with van der Waals surface area (Å²) < 4.78 is 30.6. The van der Waals surface area contributed by atoms with E-state index < -0.39 is 10.1 Å². The quantitative estimate of drug-likeness (QED) is 0.368. The summed E-state index contributed by atoms with van der Waals surface area (Å²) in [5, 5.41) is 3.16. The van der Waals surface area contributed by atoms with Crippen LogP contribution in [0.25, 0.3) is 0 Å². The monoisotopic (exact) mass is 265 g/mol. The first-order chi connectivity index (χ1) is 7.77. The zero-order chi connectivity index (χ0) is 13.4. The molecule has 0 aromatic rings. The molecule has 6 heteroatoms. The summed E-state index contributed by atoms with van der Waals surface area (Å²) in [4.78, 5) is 0. The van der Waals surface area contributed by atoms with Crippen LogP contribution < -0.4 is 5.32 Å². The molecule has 0 aliphatic rings. The van der Waals surface area contributed by atoms with Gasteiger partial charge in [-0.05, 0) is 13.1 Å². The summed E-state index contributed by atoms with van der Waals surface area (Å²) in [5.74, 6) is -0.147. The molecule has 102 valence electrons. The highest BCUT2D eigenvalue weighted by Crippen LogP contribution is 2.02. The highest BCUT2D eigenvalue weighted by Gasteiger charge is 2.15. The SMILES string of the molecule is CC=CNCCC[N+](C)(C)CCCS(=O)(=O)O. The molecule has 0 saturated heterocycles. The molecule has 0 amide bonds. The molecule has 5 nitrogen and oxygen atoms in total. The molecule has 0 rings (SSSR count). The average molecular weight is 265 g/mol. The van der Waals surface area contributed by atoms with E-state index >= 15 is 0 Å². The third-order valence-electron chi connectivity index (χ3n) is 2.53. The smallest absolute Gasteiger partial charge is 0.265 e. The number of allylic oxidation sites excluding steroid dienone is 1. The van der Waals surface area contributed by atoms with E-state index in [0.29, 0.717) is 6.42 Å². The van der Waals surface area contributed by atoms with Gasteiger partial charge in [0, 0.05) is 19.4 Å². The van der Waals surface area contributed by atoms with Crippen LogP contribution in [0.1, 0.15) is 19.8 Å². The van der Waals surface area contributed by atoms with E-state index in [4.69, 9.17) is 4.55 Å². The van der Waals surface area contributed by atoms with Crippen LogP contribution in [0.4, 0.5) is 0 Å². The van der Waals surface area contributed by atoms with Crippen LogP contribution >= 0.6 is 0 Å². The van der Waals surface area contributed by atoms with Crippen LogP contribution in [-0.4, -0.2) is 56.9 Å². The predicted molar refractivity (Wildman–Crippen MR) is 70.3 cm³/mol. The van der Waals surface area contributed by atoms with E-state index in [-0.39, 0.29) is 5.75 Å². The fourth-order valence-corrected chi connectivity index (χ4v) is 2.09. The number of hydrogen-bond donors (Lipinski definition) is 2. The molecule has 17 heavy (non-hydrogen) atoms. The molecule has 0 aromatic carbocycles. The number of quaternary nitrogens is 1. The van der Waals surface area contributed by atoms with Crippen molar-refractivity contribution in [2.24, 2.45) is 0 Å². The number of nitrogens with zero attached hydrogens (tertiary/aromatic N) is 1. The van der Waals surface area contributed by atoms with Crippen molar-refractivity contribution in [2.75, 3.05) is 39.5 Å². The summed E-state index contributed by atoms with van der Waals surface area (Å²) in [5.41, 5.74) is 0. The Balaban J connectivity index is 3.72. The van der Waals surface area contributed by atoms with Gasteiger partial charge in [-0.1, -0.05) is 6.08 Å². The van der Waals surface area contributed by atoms with Crippen LogP contribution in [0.2, 0.25) is 0 Å². The third kappa shape index (κ3) is 11.7. The van der Waals surface area contributed by atoms with Gasteiger partial charge >= 0.3 is 0 Å². The molecule has 0 unspecified atom stereocenters. The lowest BCUT2D eigenvalue weighted by Gasteiger charge is -2.29. The summed E-state index contributed by atoms with van der Waals surface area (Å²) >= 11 is 0. The maximum atomic E-state index is 10.6.